The zero-order chi connectivity index (χ0) is 17.8. The van der Waals surface area contributed by atoms with Gasteiger partial charge >= 0.3 is 6.09 Å². The van der Waals surface area contributed by atoms with Crippen LogP contribution in [0, 0.1) is 0 Å². The lowest BCUT2D eigenvalue weighted by Crippen LogP contribution is -2.45. The lowest BCUT2D eigenvalue weighted by Gasteiger charge is -2.30. The van der Waals surface area contributed by atoms with Crippen molar-refractivity contribution < 1.29 is 9.53 Å². The molecule has 5 nitrogen and oxygen atoms in total. The first-order valence-corrected chi connectivity index (χ1v) is 9.13. The van der Waals surface area contributed by atoms with Gasteiger partial charge in [-0.1, -0.05) is 45.7 Å². The highest BCUT2D eigenvalue weighted by Gasteiger charge is 2.27. The van der Waals surface area contributed by atoms with Crippen LogP contribution >= 0.6 is 27.5 Å². The van der Waals surface area contributed by atoms with Gasteiger partial charge in [-0.3, -0.25) is 0 Å². The summed E-state index contributed by atoms with van der Waals surface area (Å²) in [5.74, 6) is 0. The molecule has 1 amide bonds. The Balaban J connectivity index is 1.81. The maximum absolute atomic E-state index is 11.8. The fraction of sp³-hybridized carbons (Fsp3) is 0.278. The van der Waals surface area contributed by atoms with Crippen LogP contribution in [0.3, 0.4) is 0 Å². The molecule has 2 aromatic carbocycles. The second-order valence-corrected chi connectivity index (χ2v) is 7.15. The molecule has 0 radical (unpaired) electrons. The topological polar surface area (TPSA) is 44.8 Å². The van der Waals surface area contributed by atoms with Crippen molar-refractivity contribution in [3.63, 3.8) is 0 Å². The Labute approximate surface area is 160 Å². The molecule has 1 aliphatic rings. The van der Waals surface area contributed by atoms with E-state index in [1.807, 2.05) is 55.6 Å². The molecule has 3 rings (SSSR count). The predicted molar refractivity (Wildman–Crippen MR) is 103 cm³/mol. The summed E-state index contributed by atoms with van der Waals surface area (Å²) in [6.07, 6.45) is -0.358. The quantitative estimate of drug-likeness (QED) is 0.753. The first-order valence-electron chi connectivity index (χ1n) is 7.96. The van der Waals surface area contributed by atoms with Crippen molar-refractivity contribution in [3.8, 4) is 0 Å². The van der Waals surface area contributed by atoms with E-state index in [1.165, 1.54) is 5.01 Å². The van der Waals surface area contributed by atoms with E-state index in [4.69, 9.17) is 16.3 Å². The largest absolute Gasteiger partial charge is 0.447 e. The summed E-state index contributed by atoms with van der Waals surface area (Å²) in [6.45, 7) is 1.54. The summed E-state index contributed by atoms with van der Waals surface area (Å²) in [4.78, 5) is 13.9. The smallest absolute Gasteiger partial charge is 0.424 e. The van der Waals surface area contributed by atoms with Crippen molar-refractivity contribution in [2.24, 2.45) is 0 Å². The van der Waals surface area contributed by atoms with Crippen molar-refractivity contribution in [2.75, 3.05) is 31.6 Å². The van der Waals surface area contributed by atoms with Gasteiger partial charge in [0.25, 0.3) is 0 Å². The first-order chi connectivity index (χ1) is 12.0. The number of rotatable bonds is 6. The van der Waals surface area contributed by atoms with Crippen molar-refractivity contribution in [3.05, 3.63) is 63.6 Å². The number of likely N-dealkylation sites (N-methyl/N-ethyl adjacent to an activating group) is 1. The summed E-state index contributed by atoms with van der Waals surface area (Å²) in [5.41, 5.74) is 5.27. The van der Waals surface area contributed by atoms with E-state index < -0.39 is 0 Å². The fourth-order valence-electron chi connectivity index (χ4n) is 2.74. The first kappa shape index (κ1) is 18.0. The zero-order valence-electron chi connectivity index (χ0n) is 13.8. The molecular formula is C18H19BrClN3O2. The minimum Gasteiger partial charge on any atom is -0.447 e. The lowest BCUT2D eigenvalue weighted by atomic mass is 10.1. The third-order valence-electron chi connectivity index (χ3n) is 4.08. The van der Waals surface area contributed by atoms with E-state index in [0.29, 0.717) is 24.7 Å². The molecule has 0 bridgehead atoms. The maximum atomic E-state index is 11.8. The number of benzene rings is 2. The average Bonchev–Trinajstić information content (AvgIpc) is 3.00. The molecule has 1 atom stereocenters. The van der Waals surface area contributed by atoms with E-state index in [-0.39, 0.29) is 12.1 Å². The molecule has 132 valence electrons. The highest BCUT2D eigenvalue weighted by molar-refractivity contribution is 9.10. The molecule has 1 N–H and O–H groups in total. The van der Waals surface area contributed by atoms with Crippen LogP contribution in [-0.2, 0) is 4.74 Å². The van der Waals surface area contributed by atoms with Gasteiger partial charge in [0, 0.05) is 28.8 Å². The Morgan fingerprint density at radius 3 is 2.64 bits per heavy atom. The van der Waals surface area contributed by atoms with Crippen molar-refractivity contribution in [2.45, 2.75) is 6.04 Å². The zero-order valence-corrected chi connectivity index (χ0v) is 16.1. The second kappa shape index (κ2) is 8.08. The lowest BCUT2D eigenvalue weighted by molar-refractivity contribution is 0.139. The summed E-state index contributed by atoms with van der Waals surface area (Å²) in [7, 11) is 2.01. The van der Waals surface area contributed by atoms with Gasteiger partial charge in [-0.25, -0.2) is 15.2 Å². The molecule has 0 spiro atoms. The number of hydrogen-bond donors (Lipinski definition) is 1. The van der Waals surface area contributed by atoms with E-state index in [9.17, 15) is 4.79 Å². The molecule has 0 aromatic heterocycles. The summed E-state index contributed by atoms with van der Waals surface area (Å²) in [6, 6.07) is 15.6. The van der Waals surface area contributed by atoms with Crippen molar-refractivity contribution in [1.82, 2.24) is 10.4 Å². The van der Waals surface area contributed by atoms with Gasteiger partial charge in [0.05, 0.1) is 12.6 Å². The number of carbonyl (C=O) groups excluding carboxylic acids is 1. The van der Waals surface area contributed by atoms with Crippen LogP contribution in [0.4, 0.5) is 10.5 Å². The average molecular weight is 425 g/mol. The summed E-state index contributed by atoms with van der Waals surface area (Å²) in [5, 5.41) is 2.17. The molecule has 2 aromatic rings. The molecule has 0 aliphatic carbocycles. The molecule has 0 unspecified atom stereocenters. The van der Waals surface area contributed by atoms with E-state index >= 15 is 0 Å². The number of nitrogens with zero attached hydrogens (tertiary/aromatic N) is 2. The number of carbonyl (C=O) groups is 1. The SMILES string of the molecule is CN(C[C@H](NN1CCOC1=O)c1ccccc1Cl)c1ccc(Br)cc1. The van der Waals surface area contributed by atoms with Crippen molar-refractivity contribution in [1.29, 1.82) is 0 Å². The molecule has 1 fully saturated rings. The third kappa shape index (κ3) is 4.45. The van der Waals surface area contributed by atoms with Crippen LogP contribution in [0.5, 0.6) is 0 Å². The highest BCUT2D eigenvalue weighted by Crippen LogP contribution is 2.26. The van der Waals surface area contributed by atoms with Crippen molar-refractivity contribution >= 4 is 39.3 Å². The summed E-state index contributed by atoms with van der Waals surface area (Å²) >= 11 is 9.84. The standard InChI is InChI=1S/C18H19BrClN3O2/c1-22(14-8-6-13(19)7-9-14)12-17(15-4-2-3-5-16(15)20)21-23-10-11-25-18(23)24/h2-9,17,21H,10-12H2,1H3/t17-/m0/s1. The molecule has 1 heterocycles. The molecule has 0 saturated carbocycles. The van der Waals surface area contributed by atoms with Gasteiger partial charge < -0.3 is 9.64 Å². The van der Waals surface area contributed by atoms with E-state index in [0.717, 1.165) is 15.7 Å². The summed E-state index contributed by atoms with van der Waals surface area (Å²) < 4.78 is 6.04. The van der Waals surface area contributed by atoms with Gasteiger partial charge in [-0.05, 0) is 35.9 Å². The molecule has 1 aliphatic heterocycles. The Bertz CT molecular complexity index is 741. The number of amides is 1. The van der Waals surface area contributed by atoms with Crippen LogP contribution in [-0.4, -0.2) is 37.8 Å². The van der Waals surface area contributed by atoms with Gasteiger partial charge in [0.2, 0.25) is 0 Å². The molecule has 1 saturated heterocycles. The van der Waals surface area contributed by atoms with E-state index in [2.05, 4.69) is 26.3 Å². The Hall–Kier alpha value is -1.76. The minimum absolute atomic E-state index is 0.159. The third-order valence-corrected chi connectivity index (χ3v) is 4.95. The van der Waals surface area contributed by atoms with Crippen LogP contribution in [0.2, 0.25) is 5.02 Å². The predicted octanol–water partition coefficient (Wildman–Crippen LogP) is 4.24. The Morgan fingerprint density at radius 2 is 2.00 bits per heavy atom. The van der Waals surface area contributed by atoms with Crippen LogP contribution in [0.15, 0.2) is 53.0 Å². The normalized spacial score (nSPS) is 15.2. The van der Waals surface area contributed by atoms with Gasteiger partial charge in [0.1, 0.15) is 6.61 Å². The number of nitrogens with one attached hydrogen (secondary N) is 1. The highest BCUT2D eigenvalue weighted by atomic mass is 79.9. The monoisotopic (exact) mass is 423 g/mol. The van der Waals surface area contributed by atoms with E-state index in [1.54, 1.807) is 0 Å². The van der Waals surface area contributed by atoms with Gasteiger partial charge in [-0.2, -0.15) is 0 Å². The number of anilines is 1. The van der Waals surface area contributed by atoms with Crippen LogP contribution in [0.1, 0.15) is 11.6 Å². The Kier molecular flexibility index (Phi) is 5.83. The van der Waals surface area contributed by atoms with Gasteiger partial charge in [0.15, 0.2) is 0 Å². The Morgan fingerprint density at radius 1 is 1.28 bits per heavy atom. The number of cyclic esters (lactones) is 1. The van der Waals surface area contributed by atoms with Crippen LogP contribution < -0.4 is 10.3 Å². The number of ether oxygens (including phenoxy) is 1. The number of hydrazine groups is 1. The minimum atomic E-state index is -0.358. The molecular weight excluding hydrogens is 406 g/mol. The number of hydrogen-bond acceptors (Lipinski definition) is 4. The number of halogens is 2. The fourth-order valence-corrected chi connectivity index (χ4v) is 3.27. The molecule has 7 heteroatoms. The molecule has 25 heavy (non-hydrogen) atoms. The van der Waals surface area contributed by atoms with Crippen LogP contribution in [0.25, 0.3) is 0 Å². The maximum Gasteiger partial charge on any atom is 0.424 e. The van der Waals surface area contributed by atoms with Gasteiger partial charge in [-0.15, -0.1) is 0 Å². The second-order valence-electron chi connectivity index (χ2n) is 5.83.